The van der Waals surface area contributed by atoms with E-state index in [1.54, 1.807) is 18.2 Å². The Balaban J connectivity index is 1.58. The Morgan fingerprint density at radius 2 is 1.87 bits per heavy atom. The second-order valence-electron chi connectivity index (χ2n) is 6.28. The summed E-state index contributed by atoms with van der Waals surface area (Å²) in [5.41, 5.74) is 2.11. The Morgan fingerprint density at radius 3 is 2.52 bits per heavy atom. The first-order valence-electron chi connectivity index (χ1n) is 7.87. The molecular formula is C19H21NO3. The molecule has 1 saturated carbocycles. The highest BCUT2D eigenvalue weighted by Crippen LogP contribution is 2.54. The molecule has 0 radical (unpaired) electrons. The molecule has 1 atom stereocenters. The van der Waals surface area contributed by atoms with Gasteiger partial charge in [0.25, 0.3) is 0 Å². The van der Waals surface area contributed by atoms with Gasteiger partial charge in [0.2, 0.25) is 0 Å². The lowest BCUT2D eigenvalue weighted by molar-refractivity contribution is 0.0696. The molecule has 1 aliphatic rings. The van der Waals surface area contributed by atoms with Crippen molar-refractivity contribution in [2.24, 2.45) is 5.41 Å². The number of carboxylic acids is 1. The summed E-state index contributed by atoms with van der Waals surface area (Å²) in [6.45, 7) is 1.32. The molecule has 4 heteroatoms. The number of aromatic carboxylic acids is 1. The first kappa shape index (κ1) is 15.7. The number of rotatable bonds is 7. The fraction of sp³-hybridized carbons (Fsp3) is 0.316. The largest absolute Gasteiger partial charge is 0.478 e. The molecule has 1 fully saturated rings. The molecule has 3 N–H and O–H groups in total. The van der Waals surface area contributed by atoms with E-state index in [0.29, 0.717) is 12.1 Å². The Kier molecular flexibility index (Phi) is 4.46. The fourth-order valence-corrected chi connectivity index (χ4v) is 2.97. The summed E-state index contributed by atoms with van der Waals surface area (Å²) in [6.07, 6.45) is 1.55. The van der Waals surface area contributed by atoms with Gasteiger partial charge in [0.05, 0.1) is 11.7 Å². The van der Waals surface area contributed by atoms with Gasteiger partial charge >= 0.3 is 5.97 Å². The summed E-state index contributed by atoms with van der Waals surface area (Å²) in [5, 5.41) is 23.0. The van der Waals surface area contributed by atoms with Gasteiger partial charge in [-0.25, -0.2) is 4.79 Å². The summed E-state index contributed by atoms with van der Waals surface area (Å²) in [5.74, 6) is -0.912. The van der Waals surface area contributed by atoms with Crippen LogP contribution in [0.15, 0.2) is 54.6 Å². The Bertz CT molecular complexity index is 680. The molecule has 0 aliphatic heterocycles. The molecule has 1 unspecified atom stereocenters. The minimum Gasteiger partial charge on any atom is -0.478 e. The Labute approximate surface area is 135 Å². The van der Waals surface area contributed by atoms with Gasteiger partial charge in [0, 0.05) is 18.5 Å². The SMILES string of the molecule is O=C(O)c1cccc(CNCC2(C(O)c3ccccc3)CC2)c1. The van der Waals surface area contributed by atoms with Crippen molar-refractivity contribution in [3.8, 4) is 0 Å². The maximum absolute atomic E-state index is 11.0. The average Bonchev–Trinajstić information content (AvgIpc) is 3.36. The first-order chi connectivity index (χ1) is 11.1. The standard InChI is InChI=1S/C19H21NO3/c21-17(15-6-2-1-3-7-15)19(9-10-19)13-20-12-14-5-4-8-16(11-14)18(22)23/h1-8,11,17,20-21H,9-10,12-13H2,(H,22,23). The number of nitrogens with one attached hydrogen (secondary N) is 1. The van der Waals surface area contributed by atoms with E-state index in [-0.39, 0.29) is 5.41 Å². The van der Waals surface area contributed by atoms with E-state index >= 15 is 0 Å². The zero-order chi connectivity index (χ0) is 16.3. The van der Waals surface area contributed by atoms with Gasteiger partial charge in [-0.2, -0.15) is 0 Å². The number of aliphatic hydroxyl groups is 1. The first-order valence-corrected chi connectivity index (χ1v) is 7.87. The van der Waals surface area contributed by atoms with Gasteiger partial charge in [0.15, 0.2) is 0 Å². The zero-order valence-electron chi connectivity index (χ0n) is 12.9. The van der Waals surface area contributed by atoms with Crippen LogP contribution < -0.4 is 5.32 Å². The van der Waals surface area contributed by atoms with Crippen molar-refractivity contribution in [3.05, 3.63) is 71.3 Å². The minimum atomic E-state index is -0.912. The third-order valence-electron chi connectivity index (χ3n) is 4.57. The summed E-state index contributed by atoms with van der Waals surface area (Å²) < 4.78 is 0. The lowest BCUT2D eigenvalue weighted by Gasteiger charge is -2.23. The Hall–Kier alpha value is -2.17. The molecule has 0 spiro atoms. The summed E-state index contributed by atoms with van der Waals surface area (Å²) in [6, 6.07) is 16.7. The number of carboxylic acid groups (broad SMARTS) is 1. The summed E-state index contributed by atoms with van der Waals surface area (Å²) in [4.78, 5) is 11.0. The molecule has 2 aromatic carbocycles. The van der Waals surface area contributed by atoms with Gasteiger partial charge in [-0.05, 0) is 36.1 Å². The predicted molar refractivity (Wildman–Crippen MR) is 88.2 cm³/mol. The van der Waals surface area contributed by atoms with Crippen molar-refractivity contribution in [1.82, 2.24) is 5.32 Å². The number of aliphatic hydroxyl groups excluding tert-OH is 1. The number of carbonyl (C=O) groups is 1. The van der Waals surface area contributed by atoms with E-state index in [0.717, 1.165) is 30.5 Å². The molecule has 0 heterocycles. The molecule has 0 amide bonds. The van der Waals surface area contributed by atoms with Crippen LogP contribution in [0.3, 0.4) is 0 Å². The van der Waals surface area contributed by atoms with Gasteiger partial charge in [-0.15, -0.1) is 0 Å². The number of benzene rings is 2. The van der Waals surface area contributed by atoms with E-state index in [9.17, 15) is 9.90 Å². The topological polar surface area (TPSA) is 69.6 Å². The van der Waals surface area contributed by atoms with Crippen LogP contribution >= 0.6 is 0 Å². The third kappa shape index (κ3) is 3.60. The minimum absolute atomic E-state index is 0.0915. The van der Waals surface area contributed by atoms with Gasteiger partial charge < -0.3 is 15.5 Å². The molecule has 3 rings (SSSR count). The van der Waals surface area contributed by atoms with Crippen LogP contribution in [0.5, 0.6) is 0 Å². The van der Waals surface area contributed by atoms with E-state index < -0.39 is 12.1 Å². The normalized spacial score (nSPS) is 16.7. The lowest BCUT2D eigenvalue weighted by Crippen LogP contribution is -2.28. The van der Waals surface area contributed by atoms with Crippen molar-refractivity contribution in [2.45, 2.75) is 25.5 Å². The van der Waals surface area contributed by atoms with Gasteiger partial charge in [-0.3, -0.25) is 0 Å². The van der Waals surface area contributed by atoms with E-state index in [4.69, 9.17) is 5.11 Å². The van der Waals surface area contributed by atoms with Crippen molar-refractivity contribution in [2.75, 3.05) is 6.54 Å². The van der Waals surface area contributed by atoms with Crippen LogP contribution in [0.1, 0.15) is 40.4 Å². The van der Waals surface area contributed by atoms with Crippen LogP contribution in [0.2, 0.25) is 0 Å². The highest BCUT2D eigenvalue weighted by Gasteiger charge is 2.48. The highest BCUT2D eigenvalue weighted by molar-refractivity contribution is 5.87. The molecule has 23 heavy (non-hydrogen) atoms. The van der Waals surface area contributed by atoms with E-state index in [2.05, 4.69) is 5.32 Å². The highest BCUT2D eigenvalue weighted by atomic mass is 16.4. The maximum Gasteiger partial charge on any atom is 0.335 e. The smallest absolute Gasteiger partial charge is 0.335 e. The quantitative estimate of drug-likeness (QED) is 0.735. The third-order valence-corrected chi connectivity index (χ3v) is 4.57. The predicted octanol–water partition coefficient (Wildman–Crippen LogP) is 2.99. The second kappa shape index (κ2) is 6.52. The van der Waals surface area contributed by atoms with Crippen LogP contribution in [0, 0.1) is 5.41 Å². The fourth-order valence-electron chi connectivity index (χ4n) is 2.97. The summed E-state index contributed by atoms with van der Waals surface area (Å²) in [7, 11) is 0. The Morgan fingerprint density at radius 1 is 1.13 bits per heavy atom. The molecule has 2 aromatic rings. The van der Waals surface area contributed by atoms with Crippen molar-refractivity contribution < 1.29 is 15.0 Å². The van der Waals surface area contributed by atoms with Crippen molar-refractivity contribution in [1.29, 1.82) is 0 Å². The van der Waals surface area contributed by atoms with Gasteiger partial charge in [0.1, 0.15) is 0 Å². The summed E-state index contributed by atoms with van der Waals surface area (Å²) >= 11 is 0. The average molecular weight is 311 g/mol. The van der Waals surface area contributed by atoms with Crippen LogP contribution in [-0.2, 0) is 6.54 Å². The van der Waals surface area contributed by atoms with Gasteiger partial charge in [-0.1, -0.05) is 42.5 Å². The molecule has 4 nitrogen and oxygen atoms in total. The van der Waals surface area contributed by atoms with Crippen LogP contribution in [0.25, 0.3) is 0 Å². The van der Waals surface area contributed by atoms with E-state index in [1.807, 2.05) is 36.4 Å². The maximum atomic E-state index is 11.0. The number of hydrogen-bond acceptors (Lipinski definition) is 3. The molecular weight excluding hydrogens is 290 g/mol. The molecule has 120 valence electrons. The second-order valence-corrected chi connectivity index (χ2v) is 6.28. The monoisotopic (exact) mass is 311 g/mol. The zero-order valence-corrected chi connectivity index (χ0v) is 12.9. The number of hydrogen-bond donors (Lipinski definition) is 3. The van der Waals surface area contributed by atoms with Crippen LogP contribution in [0.4, 0.5) is 0 Å². The molecule has 0 aromatic heterocycles. The van der Waals surface area contributed by atoms with Crippen molar-refractivity contribution >= 4 is 5.97 Å². The molecule has 1 aliphatic carbocycles. The molecule has 0 saturated heterocycles. The lowest BCUT2D eigenvalue weighted by atomic mass is 9.92. The molecule has 0 bridgehead atoms. The van der Waals surface area contributed by atoms with E-state index in [1.165, 1.54) is 0 Å². The van der Waals surface area contributed by atoms with Crippen LogP contribution in [-0.4, -0.2) is 22.7 Å². The van der Waals surface area contributed by atoms with Crippen molar-refractivity contribution in [3.63, 3.8) is 0 Å².